The van der Waals surface area contributed by atoms with Crippen molar-refractivity contribution in [1.29, 1.82) is 0 Å². The topological polar surface area (TPSA) is 22.0 Å². The number of unbranched alkanes of at least 4 members (excludes halogenated alkanes) is 1. The Kier molecular flexibility index (Phi) is 2.86. The number of rotatable bonds is 5. The Hall–Kier alpha value is -2.87. The molecular formula is C23H21NO. The largest absolute Gasteiger partial charge is 0.347 e. The summed E-state index contributed by atoms with van der Waals surface area (Å²) in [5, 5.41) is 1.77. The van der Waals surface area contributed by atoms with Crippen LogP contribution in [0.1, 0.15) is 42.5 Å². The van der Waals surface area contributed by atoms with Crippen molar-refractivity contribution in [1.82, 2.24) is 4.57 Å². The first kappa shape index (κ1) is 10.9. The predicted molar refractivity (Wildman–Crippen MR) is 104 cm³/mol. The molecule has 3 aromatic carbocycles. The maximum atomic E-state index is 13.7. The lowest BCUT2D eigenvalue weighted by atomic mass is 9.97. The smallest absolute Gasteiger partial charge is 0.195 e. The minimum atomic E-state index is -0.401. The van der Waals surface area contributed by atoms with Crippen molar-refractivity contribution in [2.24, 2.45) is 0 Å². The highest BCUT2D eigenvalue weighted by Crippen LogP contribution is 2.27. The third kappa shape index (κ3) is 2.74. The fourth-order valence-corrected chi connectivity index (χ4v) is 3.14. The van der Waals surface area contributed by atoms with Crippen LogP contribution < -0.4 is 0 Å². The average Bonchev–Trinajstić information content (AvgIpc) is 3.06. The van der Waals surface area contributed by atoms with E-state index in [1.165, 1.54) is 0 Å². The number of fused-ring (bicyclic) bond motifs is 2. The van der Waals surface area contributed by atoms with E-state index in [-0.39, 0.29) is 40.8 Å². The summed E-state index contributed by atoms with van der Waals surface area (Å²) in [4.78, 5) is 13.7. The highest BCUT2D eigenvalue weighted by atomic mass is 16.1. The van der Waals surface area contributed by atoms with Crippen LogP contribution in [0.25, 0.3) is 21.7 Å². The highest BCUT2D eigenvalue weighted by molar-refractivity contribution is 6.21. The van der Waals surface area contributed by atoms with E-state index in [2.05, 4.69) is 0 Å². The van der Waals surface area contributed by atoms with Gasteiger partial charge in [0.05, 0.1) is 6.85 Å². The van der Waals surface area contributed by atoms with Crippen LogP contribution in [-0.2, 0) is 6.54 Å². The number of hydrogen-bond acceptors (Lipinski definition) is 1. The van der Waals surface area contributed by atoms with Gasteiger partial charge in [-0.15, -0.1) is 0 Å². The van der Waals surface area contributed by atoms with Crippen LogP contribution >= 0.6 is 0 Å². The van der Waals surface area contributed by atoms with Crippen molar-refractivity contribution in [2.45, 2.75) is 26.3 Å². The number of aromatic nitrogens is 1. The highest BCUT2D eigenvalue weighted by Gasteiger charge is 2.18. The average molecular weight is 332 g/mol. The number of aryl methyl sites for hydroxylation is 1. The molecule has 1 aromatic heterocycles. The van der Waals surface area contributed by atoms with Crippen molar-refractivity contribution in [2.75, 3.05) is 0 Å². The molecule has 0 unspecified atom stereocenters. The van der Waals surface area contributed by atoms with E-state index in [9.17, 15) is 4.79 Å². The van der Waals surface area contributed by atoms with Gasteiger partial charge < -0.3 is 4.57 Å². The molecule has 2 nitrogen and oxygen atoms in total. The lowest BCUT2D eigenvalue weighted by Gasteiger charge is -2.05. The summed E-state index contributed by atoms with van der Waals surface area (Å²) in [6, 6.07) is 11.6. The fourth-order valence-electron chi connectivity index (χ4n) is 3.14. The zero-order valence-electron chi connectivity index (χ0n) is 19.0. The molecule has 124 valence electrons. The molecule has 0 saturated carbocycles. The van der Waals surface area contributed by atoms with Crippen LogP contribution in [0.3, 0.4) is 0 Å². The molecule has 0 bridgehead atoms. The summed E-state index contributed by atoms with van der Waals surface area (Å²) in [7, 11) is 0. The van der Waals surface area contributed by atoms with Crippen LogP contribution in [0.4, 0.5) is 0 Å². The minimum Gasteiger partial charge on any atom is -0.347 e. The first-order valence-electron chi connectivity index (χ1n) is 11.0. The number of carbonyl (C=O) groups is 1. The molecule has 0 aliphatic rings. The van der Waals surface area contributed by atoms with Crippen molar-refractivity contribution >= 4 is 27.5 Å². The van der Waals surface area contributed by atoms with E-state index < -0.39 is 11.8 Å². The number of para-hydroxylation sites is 1. The lowest BCUT2D eigenvalue weighted by molar-refractivity contribution is 0.104. The molecule has 0 radical (unpaired) electrons. The van der Waals surface area contributed by atoms with Gasteiger partial charge in [-0.1, -0.05) is 73.9 Å². The molecule has 2 heteroatoms. The second kappa shape index (κ2) is 6.56. The molecule has 0 aliphatic carbocycles. The first-order valence-corrected chi connectivity index (χ1v) is 8.50. The summed E-state index contributed by atoms with van der Waals surface area (Å²) >= 11 is 0. The number of nitrogens with zero attached hydrogens (tertiary/aromatic N) is 1. The normalized spacial score (nSPS) is 14.0. The molecule has 1 heterocycles. The van der Waals surface area contributed by atoms with E-state index in [1.807, 2.05) is 37.3 Å². The maximum Gasteiger partial charge on any atom is 0.195 e. The van der Waals surface area contributed by atoms with Gasteiger partial charge in [-0.3, -0.25) is 4.79 Å². The van der Waals surface area contributed by atoms with Crippen LogP contribution in [0.2, 0.25) is 0 Å². The third-order valence-corrected chi connectivity index (χ3v) is 4.43. The van der Waals surface area contributed by atoms with Gasteiger partial charge in [0.2, 0.25) is 0 Å². The van der Waals surface area contributed by atoms with Gasteiger partial charge in [0.1, 0.15) is 0 Å². The van der Waals surface area contributed by atoms with Gasteiger partial charge in [0.15, 0.2) is 5.78 Å². The summed E-state index contributed by atoms with van der Waals surface area (Å²) < 4.78 is 43.2. The Balaban J connectivity index is 2.08. The standard InChI is InChI=1S/C23H21NO/c1-2-3-15-24-16-21(19-12-6-7-14-22(19)24)23(25)20-13-8-10-17-9-4-5-11-18(17)20/h4-14,16H,2-3,15H2,1H3/i6D,7D,12D,14D,16D. The molecule has 25 heavy (non-hydrogen) atoms. The quantitative estimate of drug-likeness (QED) is 0.422. The zero-order chi connectivity index (χ0) is 21.6. The molecule has 0 amide bonds. The van der Waals surface area contributed by atoms with Gasteiger partial charge in [0, 0.05) is 34.7 Å². The second-order valence-electron chi connectivity index (χ2n) is 6.07. The fraction of sp³-hybridized carbons (Fsp3) is 0.174. The van der Waals surface area contributed by atoms with E-state index in [0.717, 1.165) is 23.6 Å². The monoisotopic (exact) mass is 332 g/mol. The number of carbonyl (C=O) groups excluding carboxylic acids is 1. The van der Waals surface area contributed by atoms with Gasteiger partial charge in [-0.2, -0.15) is 0 Å². The van der Waals surface area contributed by atoms with Gasteiger partial charge in [0.25, 0.3) is 0 Å². The summed E-state index contributed by atoms with van der Waals surface area (Å²) in [6.45, 7) is 2.42. The minimum absolute atomic E-state index is 0.0319. The number of benzene rings is 3. The lowest BCUT2D eigenvalue weighted by Crippen LogP contribution is -2.02. The first-order chi connectivity index (χ1) is 14.4. The zero-order valence-corrected chi connectivity index (χ0v) is 14.0. The summed E-state index contributed by atoms with van der Waals surface area (Å²) in [5.41, 5.74) is 0.677. The molecule has 0 fully saturated rings. The maximum absolute atomic E-state index is 13.7. The Morgan fingerprint density at radius 1 is 1.00 bits per heavy atom. The molecule has 4 aromatic rings. The van der Waals surface area contributed by atoms with E-state index >= 15 is 0 Å². The Morgan fingerprint density at radius 2 is 1.80 bits per heavy atom. The Bertz CT molecular complexity index is 1300. The molecule has 0 aliphatic heterocycles. The van der Waals surface area contributed by atoms with Gasteiger partial charge >= 0.3 is 0 Å². The molecule has 0 N–H and O–H groups in total. The van der Waals surface area contributed by atoms with Gasteiger partial charge in [-0.05, 0) is 23.2 Å². The molecule has 0 atom stereocenters. The molecular weight excluding hydrogens is 306 g/mol. The molecule has 0 saturated heterocycles. The Morgan fingerprint density at radius 3 is 2.68 bits per heavy atom. The summed E-state index contributed by atoms with van der Waals surface area (Å²) in [6.07, 6.45) is 1.53. The van der Waals surface area contributed by atoms with E-state index in [0.29, 0.717) is 12.1 Å². The second-order valence-corrected chi connectivity index (χ2v) is 6.07. The van der Waals surface area contributed by atoms with E-state index in [1.54, 1.807) is 16.7 Å². The van der Waals surface area contributed by atoms with Crippen LogP contribution in [-0.4, -0.2) is 10.4 Å². The van der Waals surface area contributed by atoms with Crippen molar-refractivity contribution in [3.8, 4) is 0 Å². The molecule has 4 rings (SSSR count). The van der Waals surface area contributed by atoms with Crippen molar-refractivity contribution in [3.05, 3.63) is 83.9 Å². The van der Waals surface area contributed by atoms with Crippen LogP contribution in [0.5, 0.6) is 0 Å². The van der Waals surface area contributed by atoms with E-state index in [4.69, 9.17) is 6.85 Å². The van der Waals surface area contributed by atoms with Gasteiger partial charge in [-0.25, -0.2) is 0 Å². The third-order valence-electron chi connectivity index (χ3n) is 4.43. The number of ketones is 1. The van der Waals surface area contributed by atoms with Crippen LogP contribution in [0.15, 0.2) is 72.8 Å². The summed E-state index contributed by atoms with van der Waals surface area (Å²) in [5.74, 6) is -0.401. The van der Waals surface area contributed by atoms with Crippen molar-refractivity contribution in [3.63, 3.8) is 0 Å². The SMILES string of the molecule is [2H]c1c([2H])c([2H])c2c(c1[2H])c(C(=O)c1cccc3ccccc13)c([2H])n2CCCC. The molecule has 0 spiro atoms. The predicted octanol–water partition coefficient (Wildman–Crippen LogP) is 5.83. The Labute approximate surface area is 154 Å². The van der Waals surface area contributed by atoms with Crippen LogP contribution in [0, 0.1) is 0 Å². The van der Waals surface area contributed by atoms with Crippen molar-refractivity contribution < 1.29 is 11.6 Å². The number of hydrogen-bond donors (Lipinski definition) is 0.